The third-order valence-corrected chi connectivity index (χ3v) is 5.48. The van der Waals surface area contributed by atoms with Crippen LogP contribution in [0.5, 0.6) is 5.75 Å². The molecule has 1 fully saturated rings. The number of carbonyl (C=O) groups excluding carboxylic acids is 1. The van der Waals surface area contributed by atoms with Gasteiger partial charge in [-0.15, -0.1) is 0 Å². The van der Waals surface area contributed by atoms with Gasteiger partial charge >= 0.3 is 6.18 Å². The number of carbonyl (C=O) groups is 1. The van der Waals surface area contributed by atoms with Gasteiger partial charge in [0.1, 0.15) is 11.4 Å². The second-order valence-electron chi connectivity index (χ2n) is 7.61. The van der Waals surface area contributed by atoms with E-state index in [9.17, 15) is 18.0 Å². The van der Waals surface area contributed by atoms with Crippen LogP contribution in [0.4, 0.5) is 18.9 Å². The molecule has 6 nitrogen and oxygen atoms in total. The first-order valence-electron chi connectivity index (χ1n) is 10.2. The van der Waals surface area contributed by atoms with Crippen LogP contribution in [0, 0.1) is 6.92 Å². The number of anilines is 1. The molecule has 4 rings (SSSR count). The van der Waals surface area contributed by atoms with Crippen molar-refractivity contribution in [2.24, 2.45) is 0 Å². The van der Waals surface area contributed by atoms with E-state index in [-0.39, 0.29) is 5.91 Å². The Morgan fingerprint density at radius 3 is 2.28 bits per heavy atom. The van der Waals surface area contributed by atoms with Gasteiger partial charge in [-0.25, -0.2) is 4.68 Å². The zero-order valence-corrected chi connectivity index (χ0v) is 17.8. The van der Waals surface area contributed by atoms with Crippen LogP contribution in [0.1, 0.15) is 21.7 Å². The molecule has 1 saturated heterocycles. The second kappa shape index (κ2) is 8.57. The van der Waals surface area contributed by atoms with Gasteiger partial charge in [0.25, 0.3) is 5.91 Å². The average Bonchev–Trinajstić information content (AvgIpc) is 3.20. The Morgan fingerprint density at radius 1 is 0.969 bits per heavy atom. The number of halogens is 3. The summed E-state index contributed by atoms with van der Waals surface area (Å²) >= 11 is 0. The maximum Gasteiger partial charge on any atom is 0.416 e. The predicted octanol–water partition coefficient (Wildman–Crippen LogP) is 4.17. The monoisotopic (exact) mass is 444 g/mol. The summed E-state index contributed by atoms with van der Waals surface area (Å²) < 4.78 is 45.3. The first kappa shape index (κ1) is 21.7. The number of aromatic nitrogens is 2. The Bertz CT molecular complexity index is 1100. The quantitative estimate of drug-likeness (QED) is 0.606. The number of methoxy groups -OCH3 is 1. The molecule has 1 aromatic heterocycles. The molecule has 0 N–H and O–H groups in total. The molecule has 1 aliphatic rings. The highest BCUT2D eigenvalue weighted by atomic mass is 19.4. The molecule has 168 valence electrons. The summed E-state index contributed by atoms with van der Waals surface area (Å²) in [4.78, 5) is 17.0. The third-order valence-electron chi connectivity index (χ3n) is 5.48. The lowest BCUT2D eigenvalue weighted by atomic mass is 10.1. The Labute approximate surface area is 183 Å². The molecule has 32 heavy (non-hydrogen) atoms. The van der Waals surface area contributed by atoms with E-state index >= 15 is 0 Å². The van der Waals surface area contributed by atoms with Crippen LogP contribution in [-0.2, 0) is 6.18 Å². The van der Waals surface area contributed by atoms with Crippen molar-refractivity contribution >= 4 is 11.6 Å². The maximum absolute atomic E-state index is 13.3. The van der Waals surface area contributed by atoms with Crippen LogP contribution in [0.15, 0.2) is 54.6 Å². The summed E-state index contributed by atoms with van der Waals surface area (Å²) in [6, 6.07) is 14.2. The van der Waals surface area contributed by atoms with Gasteiger partial charge in [0, 0.05) is 37.9 Å². The highest BCUT2D eigenvalue weighted by Crippen LogP contribution is 2.31. The first-order valence-corrected chi connectivity index (χ1v) is 10.2. The number of ether oxygens (including phenoxy) is 1. The van der Waals surface area contributed by atoms with Crippen molar-refractivity contribution < 1.29 is 22.7 Å². The minimum absolute atomic E-state index is 0.138. The Kier molecular flexibility index (Phi) is 5.82. The lowest BCUT2D eigenvalue weighted by Crippen LogP contribution is -2.49. The minimum Gasteiger partial charge on any atom is -0.497 e. The maximum atomic E-state index is 13.3. The molecule has 9 heteroatoms. The highest BCUT2D eigenvalue weighted by molar-refractivity contribution is 5.93. The number of amides is 1. The van der Waals surface area contributed by atoms with E-state index < -0.39 is 11.7 Å². The van der Waals surface area contributed by atoms with Crippen molar-refractivity contribution in [3.8, 4) is 11.4 Å². The number of benzene rings is 2. The van der Waals surface area contributed by atoms with Gasteiger partial charge in [-0.1, -0.05) is 6.07 Å². The predicted molar refractivity (Wildman–Crippen MR) is 114 cm³/mol. The molecule has 0 saturated carbocycles. The molecular weight excluding hydrogens is 421 g/mol. The standard InChI is InChI=1S/C23H23F3N4O2/c1-16-14-21(30(27-16)19-4-3-5-20(15-19)32-2)22(31)29-12-10-28(11-13-29)18-8-6-17(7-9-18)23(24,25)26/h3-9,14-15H,10-13H2,1-2H3. The van der Waals surface area contributed by atoms with Gasteiger partial charge in [-0.2, -0.15) is 18.3 Å². The van der Waals surface area contributed by atoms with Crippen LogP contribution in [0.25, 0.3) is 5.69 Å². The summed E-state index contributed by atoms with van der Waals surface area (Å²) in [5.74, 6) is 0.527. The molecular formula is C23H23F3N4O2. The molecule has 0 unspecified atom stereocenters. The topological polar surface area (TPSA) is 50.6 Å². The Balaban J connectivity index is 1.47. The van der Waals surface area contributed by atoms with Gasteiger partial charge in [-0.05, 0) is 49.4 Å². The lowest BCUT2D eigenvalue weighted by molar-refractivity contribution is -0.137. The number of hydrogen-bond donors (Lipinski definition) is 0. The Hall–Kier alpha value is -3.49. The van der Waals surface area contributed by atoms with Crippen molar-refractivity contribution in [3.05, 3.63) is 71.5 Å². The number of piperazine rings is 1. The van der Waals surface area contributed by atoms with E-state index in [2.05, 4.69) is 5.10 Å². The fourth-order valence-corrected chi connectivity index (χ4v) is 3.78. The van der Waals surface area contributed by atoms with Crippen LogP contribution < -0.4 is 9.64 Å². The number of rotatable bonds is 4. The number of alkyl halides is 3. The average molecular weight is 444 g/mol. The zero-order chi connectivity index (χ0) is 22.9. The number of nitrogens with zero attached hydrogens (tertiary/aromatic N) is 4. The summed E-state index contributed by atoms with van der Waals surface area (Å²) in [5.41, 5.74) is 1.95. The molecule has 1 aliphatic heterocycles. The first-order chi connectivity index (χ1) is 15.3. The molecule has 1 amide bonds. The molecule has 0 aliphatic carbocycles. The van der Waals surface area contributed by atoms with E-state index in [0.29, 0.717) is 43.3 Å². The van der Waals surface area contributed by atoms with E-state index in [1.807, 2.05) is 36.1 Å². The molecule has 2 aromatic carbocycles. The van der Waals surface area contributed by atoms with Crippen molar-refractivity contribution in [2.75, 3.05) is 38.2 Å². The molecule has 0 atom stereocenters. The van der Waals surface area contributed by atoms with Gasteiger partial charge in [0.05, 0.1) is 24.1 Å². The van der Waals surface area contributed by atoms with Crippen molar-refractivity contribution in [2.45, 2.75) is 13.1 Å². The van der Waals surface area contributed by atoms with E-state index in [1.165, 1.54) is 12.1 Å². The number of aryl methyl sites for hydroxylation is 1. The number of hydrogen-bond acceptors (Lipinski definition) is 4. The fraction of sp³-hybridized carbons (Fsp3) is 0.304. The molecule has 2 heterocycles. The van der Waals surface area contributed by atoms with E-state index in [1.54, 1.807) is 22.8 Å². The largest absolute Gasteiger partial charge is 0.497 e. The lowest BCUT2D eigenvalue weighted by Gasteiger charge is -2.36. The summed E-state index contributed by atoms with van der Waals surface area (Å²) in [6.45, 7) is 3.81. The minimum atomic E-state index is -4.35. The van der Waals surface area contributed by atoms with Crippen LogP contribution >= 0.6 is 0 Å². The summed E-state index contributed by atoms with van der Waals surface area (Å²) in [5, 5.41) is 4.47. The molecule has 0 spiro atoms. The Morgan fingerprint density at radius 2 is 1.66 bits per heavy atom. The molecule has 0 radical (unpaired) electrons. The smallest absolute Gasteiger partial charge is 0.416 e. The summed E-state index contributed by atoms with van der Waals surface area (Å²) in [6.07, 6.45) is -4.35. The summed E-state index contributed by atoms with van der Waals surface area (Å²) in [7, 11) is 1.58. The van der Waals surface area contributed by atoms with Crippen molar-refractivity contribution in [1.29, 1.82) is 0 Å². The van der Waals surface area contributed by atoms with Crippen LogP contribution in [0.3, 0.4) is 0 Å². The molecule has 3 aromatic rings. The zero-order valence-electron chi connectivity index (χ0n) is 17.8. The SMILES string of the molecule is COc1cccc(-n2nc(C)cc2C(=O)N2CCN(c3ccc(C(F)(F)F)cc3)CC2)c1. The van der Waals surface area contributed by atoms with Gasteiger partial charge in [0.2, 0.25) is 0 Å². The van der Waals surface area contributed by atoms with Gasteiger partial charge in [0.15, 0.2) is 0 Å². The van der Waals surface area contributed by atoms with Crippen LogP contribution in [-0.4, -0.2) is 53.9 Å². The van der Waals surface area contributed by atoms with Crippen molar-refractivity contribution in [3.63, 3.8) is 0 Å². The van der Waals surface area contributed by atoms with Crippen LogP contribution in [0.2, 0.25) is 0 Å². The fourth-order valence-electron chi connectivity index (χ4n) is 3.78. The van der Waals surface area contributed by atoms with Crippen molar-refractivity contribution in [1.82, 2.24) is 14.7 Å². The van der Waals surface area contributed by atoms with E-state index in [4.69, 9.17) is 4.74 Å². The van der Waals surface area contributed by atoms with Gasteiger partial charge in [-0.3, -0.25) is 4.79 Å². The second-order valence-corrected chi connectivity index (χ2v) is 7.61. The van der Waals surface area contributed by atoms with Gasteiger partial charge < -0.3 is 14.5 Å². The normalized spacial score (nSPS) is 14.5. The van der Waals surface area contributed by atoms with E-state index in [0.717, 1.165) is 23.5 Å². The third kappa shape index (κ3) is 4.42. The highest BCUT2D eigenvalue weighted by Gasteiger charge is 2.31. The molecule has 0 bridgehead atoms.